The van der Waals surface area contributed by atoms with Crippen LogP contribution in [0.5, 0.6) is 11.5 Å². The number of nitrogens with one attached hydrogen (secondary N) is 1. The molecule has 5 nitrogen and oxygen atoms in total. The second-order valence-corrected chi connectivity index (χ2v) is 10.7. The van der Waals surface area contributed by atoms with Crippen LogP contribution in [0, 0.1) is 0 Å². The monoisotopic (exact) mass is 537 g/mol. The van der Waals surface area contributed by atoms with Crippen LogP contribution in [0.25, 0.3) is 0 Å². The summed E-state index contributed by atoms with van der Waals surface area (Å²) >= 11 is 1.63. The number of carbonyl (C=O) groups is 1. The number of anilines is 1. The molecule has 1 aromatic heterocycles. The van der Waals surface area contributed by atoms with E-state index in [1.807, 2.05) is 59.6 Å². The van der Waals surface area contributed by atoms with Gasteiger partial charge in [0.25, 0.3) is 5.91 Å². The molecule has 0 saturated heterocycles. The molecule has 0 saturated carbocycles. The third kappa shape index (κ3) is 10.5. The molecule has 206 valence electrons. The molecule has 1 N–H and O–H groups in total. The van der Waals surface area contributed by atoms with E-state index in [2.05, 4.69) is 16.8 Å². The van der Waals surface area contributed by atoms with Gasteiger partial charge >= 0.3 is 0 Å². The highest BCUT2D eigenvalue weighted by atomic mass is 32.1. The number of ether oxygens (including phenoxy) is 2. The molecule has 0 radical (unpaired) electrons. The summed E-state index contributed by atoms with van der Waals surface area (Å²) in [5, 5.41) is 5.06. The van der Waals surface area contributed by atoms with E-state index in [0.29, 0.717) is 35.9 Å². The van der Waals surface area contributed by atoms with Crippen molar-refractivity contribution in [1.82, 2.24) is 0 Å². The zero-order chi connectivity index (χ0) is 26.8. The average Bonchev–Trinajstić information content (AvgIpc) is 3.45. The Morgan fingerprint density at radius 1 is 0.868 bits per heavy atom. The first kappa shape index (κ1) is 29.7. The number of benzene rings is 2. The lowest BCUT2D eigenvalue weighted by Gasteiger charge is -2.14. The van der Waals surface area contributed by atoms with Crippen molar-refractivity contribution >= 4 is 22.9 Å². The van der Waals surface area contributed by atoms with Crippen LogP contribution in [0.4, 0.5) is 5.69 Å². The standard InChI is InChI=1S/C32H44N2O3S/c1-3-4-5-6-7-8-9-10-11-12-13-16-22-37-31-24-28(19-20-30(31)36-2)33-32(35)29-18-15-14-17-27(29)25-34-21-23-38-26-34/h14-15,17-21,23-24,26H,3-13,16,22,25H2,1-2H3/p+1. The third-order valence-corrected chi connectivity index (χ3v) is 7.49. The molecule has 0 spiro atoms. The molecule has 2 aromatic carbocycles. The largest absolute Gasteiger partial charge is 0.493 e. The Morgan fingerprint density at radius 2 is 1.55 bits per heavy atom. The van der Waals surface area contributed by atoms with E-state index in [1.54, 1.807) is 18.4 Å². The quantitative estimate of drug-likeness (QED) is 0.123. The summed E-state index contributed by atoms with van der Waals surface area (Å²) in [5.74, 6) is 1.21. The molecule has 0 aliphatic heterocycles. The number of hydrogen-bond donors (Lipinski definition) is 1. The van der Waals surface area contributed by atoms with E-state index in [1.165, 1.54) is 70.6 Å². The lowest BCUT2D eigenvalue weighted by atomic mass is 10.1. The van der Waals surface area contributed by atoms with Gasteiger partial charge in [-0.2, -0.15) is 4.57 Å². The van der Waals surface area contributed by atoms with Crippen molar-refractivity contribution in [3.63, 3.8) is 0 Å². The Labute approximate surface area is 233 Å². The fraction of sp³-hybridized carbons (Fsp3) is 0.500. The average molecular weight is 538 g/mol. The van der Waals surface area contributed by atoms with Crippen LogP contribution in [-0.4, -0.2) is 19.6 Å². The topological polar surface area (TPSA) is 51.4 Å². The van der Waals surface area contributed by atoms with E-state index in [9.17, 15) is 4.79 Å². The number of rotatable bonds is 19. The molecular formula is C32H45N2O3S+. The summed E-state index contributed by atoms with van der Waals surface area (Å²) < 4.78 is 13.6. The maximum absolute atomic E-state index is 13.1. The van der Waals surface area contributed by atoms with Gasteiger partial charge in [0.1, 0.15) is 0 Å². The van der Waals surface area contributed by atoms with E-state index in [-0.39, 0.29) is 5.91 Å². The predicted octanol–water partition coefficient (Wildman–Crippen LogP) is 8.42. The van der Waals surface area contributed by atoms with Crippen molar-refractivity contribution in [2.75, 3.05) is 19.0 Å². The molecule has 38 heavy (non-hydrogen) atoms. The number of carbonyl (C=O) groups excluding carboxylic acids is 1. The third-order valence-electron chi connectivity index (χ3n) is 6.82. The second kappa shape index (κ2) is 17.6. The number of nitrogens with zero attached hydrogens (tertiary/aromatic N) is 1. The molecule has 0 unspecified atom stereocenters. The molecule has 3 rings (SSSR count). The Bertz CT molecular complexity index is 1070. The summed E-state index contributed by atoms with van der Waals surface area (Å²) in [6.45, 7) is 3.57. The van der Waals surface area contributed by atoms with Gasteiger partial charge in [-0.1, -0.05) is 107 Å². The number of methoxy groups -OCH3 is 1. The van der Waals surface area contributed by atoms with Crippen molar-refractivity contribution in [2.24, 2.45) is 0 Å². The van der Waals surface area contributed by atoms with Gasteiger partial charge in [-0.05, 0) is 24.6 Å². The van der Waals surface area contributed by atoms with E-state index in [4.69, 9.17) is 9.47 Å². The first-order chi connectivity index (χ1) is 18.7. The smallest absolute Gasteiger partial charge is 0.256 e. The maximum Gasteiger partial charge on any atom is 0.256 e. The van der Waals surface area contributed by atoms with E-state index >= 15 is 0 Å². The fourth-order valence-corrected chi connectivity index (χ4v) is 5.22. The van der Waals surface area contributed by atoms with Crippen LogP contribution >= 0.6 is 11.3 Å². The zero-order valence-electron chi connectivity index (χ0n) is 23.3. The normalized spacial score (nSPS) is 10.9. The van der Waals surface area contributed by atoms with Gasteiger partial charge in [0.05, 0.1) is 19.1 Å². The molecule has 0 aliphatic rings. The van der Waals surface area contributed by atoms with Crippen LogP contribution in [-0.2, 0) is 6.54 Å². The van der Waals surface area contributed by atoms with Gasteiger partial charge < -0.3 is 14.8 Å². The van der Waals surface area contributed by atoms with Crippen molar-refractivity contribution in [3.05, 3.63) is 70.7 Å². The molecule has 3 aromatic rings. The van der Waals surface area contributed by atoms with Gasteiger partial charge in [0, 0.05) is 22.9 Å². The van der Waals surface area contributed by atoms with Crippen LogP contribution in [0.2, 0.25) is 0 Å². The number of unbranched alkanes of at least 4 members (excludes halogenated alkanes) is 11. The highest BCUT2D eigenvalue weighted by molar-refractivity contribution is 7.07. The summed E-state index contributed by atoms with van der Waals surface area (Å²) in [6.07, 6.45) is 17.8. The highest BCUT2D eigenvalue weighted by Gasteiger charge is 2.15. The molecular weight excluding hydrogens is 492 g/mol. The molecule has 0 fully saturated rings. The second-order valence-electron chi connectivity index (χ2n) is 9.91. The Hall–Kier alpha value is -2.86. The number of amides is 1. The Kier molecular flexibility index (Phi) is 13.8. The van der Waals surface area contributed by atoms with Crippen LogP contribution < -0.4 is 19.4 Å². The van der Waals surface area contributed by atoms with Gasteiger partial charge in [-0.25, -0.2) is 0 Å². The number of thiazole rings is 1. The Morgan fingerprint density at radius 3 is 2.21 bits per heavy atom. The summed E-state index contributed by atoms with van der Waals surface area (Å²) in [4.78, 5) is 13.1. The number of aromatic nitrogens is 1. The van der Waals surface area contributed by atoms with Crippen LogP contribution in [0.1, 0.15) is 99.9 Å². The molecule has 0 bridgehead atoms. The SMILES string of the molecule is CCCCCCCCCCCCCCOc1cc(NC(=O)c2ccccc2C[n+]2ccsc2)ccc1OC. The number of hydrogen-bond acceptors (Lipinski definition) is 4. The van der Waals surface area contributed by atoms with E-state index in [0.717, 1.165) is 12.0 Å². The molecule has 6 heteroatoms. The minimum Gasteiger partial charge on any atom is -0.493 e. The summed E-state index contributed by atoms with van der Waals surface area (Å²) in [5.41, 5.74) is 4.38. The lowest BCUT2D eigenvalue weighted by molar-refractivity contribution is -0.683. The maximum atomic E-state index is 13.1. The minimum atomic E-state index is -0.131. The van der Waals surface area contributed by atoms with Crippen molar-refractivity contribution < 1.29 is 18.8 Å². The molecule has 1 heterocycles. The molecule has 1 amide bonds. The zero-order valence-corrected chi connectivity index (χ0v) is 24.1. The minimum absolute atomic E-state index is 0.131. The molecule has 0 aliphatic carbocycles. The van der Waals surface area contributed by atoms with Crippen molar-refractivity contribution in [3.8, 4) is 11.5 Å². The molecule has 0 atom stereocenters. The van der Waals surface area contributed by atoms with Crippen molar-refractivity contribution in [1.29, 1.82) is 0 Å². The first-order valence-electron chi connectivity index (χ1n) is 14.3. The van der Waals surface area contributed by atoms with Gasteiger partial charge in [-0.3, -0.25) is 4.79 Å². The van der Waals surface area contributed by atoms with Crippen LogP contribution in [0.3, 0.4) is 0 Å². The summed E-state index contributed by atoms with van der Waals surface area (Å²) in [7, 11) is 1.64. The summed E-state index contributed by atoms with van der Waals surface area (Å²) in [6, 6.07) is 13.3. The van der Waals surface area contributed by atoms with Gasteiger partial charge in [-0.15, -0.1) is 0 Å². The van der Waals surface area contributed by atoms with Gasteiger partial charge in [0.15, 0.2) is 24.2 Å². The lowest BCUT2D eigenvalue weighted by Crippen LogP contribution is -2.32. The van der Waals surface area contributed by atoms with E-state index < -0.39 is 0 Å². The predicted molar refractivity (Wildman–Crippen MR) is 158 cm³/mol. The fourth-order valence-electron chi connectivity index (χ4n) is 4.62. The highest BCUT2D eigenvalue weighted by Crippen LogP contribution is 2.31. The van der Waals surface area contributed by atoms with Crippen LogP contribution in [0.15, 0.2) is 59.6 Å². The van der Waals surface area contributed by atoms with Gasteiger partial charge in [0.2, 0.25) is 5.51 Å². The first-order valence-corrected chi connectivity index (χ1v) is 15.3. The Balaban J connectivity index is 1.41. The van der Waals surface area contributed by atoms with Crippen molar-refractivity contribution in [2.45, 2.75) is 90.5 Å².